The summed E-state index contributed by atoms with van der Waals surface area (Å²) < 4.78 is 5.29. The third kappa shape index (κ3) is 4.18. The van der Waals surface area contributed by atoms with Crippen LogP contribution in [0.1, 0.15) is 37.7 Å². The first kappa shape index (κ1) is 18.7. The zero-order valence-electron chi connectivity index (χ0n) is 16.1. The van der Waals surface area contributed by atoms with E-state index in [1.165, 1.54) is 6.42 Å². The summed E-state index contributed by atoms with van der Waals surface area (Å²) in [5.41, 5.74) is 1.09. The number of ether oxygens (including phenoxy) is 1. The Morgan fingerprint density at radius 3 is 2.58 bits per heavy atom. The van der Waals surface area contributed by atoms with Gasteiger partial charge in [0.15, 0.2) is 0 Å². The molecule has 1 unspecified atom stereocenters. The molecule has 1 atom stereocenters. The molecule has 2 aromatic rings. The van der Waals surface area contributed by atoms with Gasteiger partial charge in [-0.15, -0.1) is 0 Å². The quantitative estimate of drug-likeness (QED) is 0.858. The van der Waals surface area contributed by atoms with Crippen molar-refractivity contribution in [1.82, 2.24) is 10.2 Å². The number of amides is 1. The number of hydrogen-bond acceptors (Lipinski definition) is 3. The number of benzene rings is 2. The summed E-state index contributed by atoms with van der Waals surface area (Å²) in [4.78, 5) is 15.0. The van der Waals surface area contributed by atoms with Crippen LogP contribution in [0.2, 0.25) is 0 Å². The smallest absolute Gasteiger partial charge is 0.229 e. The average Bonchev–Trinajstić information content (AvgIpc) is 2.70. The van der Waals surface area contributed by atoms with E-state index in [1.54, 1.807) is 7.11 Å². The molecule has 1 fully saturated rings. The number of carbonyl (C=O) groups excluding carboxylic acids is 1. The van der Waals surface area contributed by atoms with Crippen LogP contribution < -0.4 is 10.1 Å². The number of methoxy groups -OCH3 is 1. The number of fused-ring (bicyclic) bond motifs is 1. The number of nitrogens with one attached hydrogen (secondary N) is 1. The molecular weight excluding hydrogens is 324 g/mol. The number of hydrogen-bond donors (Lipinski definition) is 1. The molecule has 2 aromatic carbocycles. The van der Waals surface area contributed by atoms with Gasteiger partial charge >= 0.3 is 0 Å². The van der Waals surface area contributed by atoms with Crippen LogP contribution in [-0.4, -0.2) is 44.6 Å². The summed E-state index contributed by atoms with van der Waals surface area (Å²) in [7, 11) is 3.68. The zero-order valence-corrected chi connectivity index (χ0v) is 16.1. The Morgan fingerprint density at radius 2 is 1.88 bits per heavy atom. The Labute approximate surface area is 156 Å². The second-order valence-electron chi connectivity index (χ2n) is 7.36. The Bertz CT molecular complexity index is 751. The highest BCUT2D eigenvalue weighted by Crippen LogP contribution is 2.28. The minimum absolute atomic E-state index is 0.102. The van der Waals surface area contributed by atoms with E-state index in [1.807, 2.05) is 26.1 Å². The second-order valence-corrected chi connectivity index (χ2v) is 7.36. The molecule has 140 valence electrons. The molecular formula is C22H30N2O2. The van der Waals surface area contributed by atoms with Gasteiger partial charge in [-0.05, 0) is 74.2 Å². The molecule has 4 heteroatoms. The van der Waals surface area contributed by atoms with Crippen LogP contribution in [-0.2, 0) is 4.79 Å². The van der Waals surface area contributed by atoms with Gasteiger partial charge in [-0.2, -0.15) is 0 Å². The monoisotopic (exact) mass is 354 g/mol. The topological polar surface area (TPSA) is 41.6 Å². The van der Waals surface area contributed by atoms with Gasteiger partial charge in [0, 0.05) is 13.1 Å². The van der Waals surface area contributed by atoms with Crippen molar-refractivity contribution in [1.29, 1.82) is 0 Å². The predicted molar refractivity (Wildman–Crippen MR) is 107 cm³/mol. The van der Waals surface area contributed by atoms with Crippen molar-refractivity contribution < 1.29 is 9.53 Å². The van der Waals surface area contributed by atoms with E-state index in [2.05, 4.69) is 34.5 Å². The minimum Gasteiger partial charge on any atom is -0.497 e. The number of carbonyl (C=O) groups is 1. The minimum atomic E-state index is -0.102. The second kappa shape index (κ2) is 8.54. The van der Waals surface area contributed by atoms with E-state index >= 15 is 0 Å². The van der Waals surface area contributed by atoms with E-state index in [0.29, 0.717) is 0 Å². The maximum atomic E-state index is 12.9. The highest BCUT2D eigenvalue weighted by atomic mass is 16.5. The molecule has 0 bridgehead atoms. The SMILES string of the molecule is CNCCC1CCN(C(=O)C(C)c2ccc3cc(OC)ccc3c2)CC1. The summed E-state index contributed by atoms with van der Waals surface area (Å²) >= 11 is 0. The number of likely N-dealkylation sites (tertiary alicyclic amines) is 1. The van der Waals surface area contributed by atoms with E-state index in [4.69, 9.17) is 4.74 Å². The van der Waals surface area contributed by atoms with Crippen LogP contribution in [0, 0.1) is 5.92 Å². The van der Waals surface area contributed by atoms with Crippen molar-refractivity contribution >= 4 is 16.7 Å². The molecule has 1 heterocycles. The fourth-order valence-corrected chi connectivity index (χ4v) is 3.85. The first-order valence-electron chi connectivity index (χ1n) is 9.63. The van der Waals surface area contributed by atoms with Crippen LogP contribution in [0.3, 0.4) is 0 Å². The van der Waals surface area contributed by atoms with Crippen LogP contribution in [0.4, 0.5) is 0 Å². The predicted octanol–water partition coefficient (Wildman–Crippen LogP) is 3.80. The molecule has 1 aliphatic heterocycles. The van der Waals surface area contributed by atoms with Crippen molar-refractivity contribution in [3.8, 4) is 5.75 Å². The first-order chi connectivity index (χ1) is 12.6. The molecule has 0 saturated carbocycles. The first-order valence-corrected chi connectivity index (χ1v) is 9.63. The van der Waals surface area contributed by atoms with Crippen molar-refractivity contribution in [3.05, 3.63) is 42.0 Å². The van der Waals surface area contributed by atoms with Gasteiger partial charge in [-0.3, -0.25) is 4.79 Å². The van der Waals surface area contributed by atoms with Crippen LogP contribution >= 0.6 is 0 Å². The van der Waals surface area contributed by atoms with Gasteiger partial charge < -0.3 is 15.0 Å². The third-order valence-electron chi connectivity index (χ3n) is 5.67. The molecule has 1 aliphatic rings. The molecule has 1 amide bonds. The van der Waals surface area contributed by atoms with E-state index < -0.39 is 0 Å². The van der Waals surface area contributed by atoms with Gasteiger partial charge in [0.1, 0.15) is 5.75 Å². The largest absolute Gasteiger partial charge is 0.497 e. The van der Waals surface area contributed by atoms with Gasteiger partial charge in [0.2, 0.25) is 5.91 Å². The molecule has 0 aromatic heterocycles. The van der Waals surface area contributed by atoms with E-state index in [0.717, 1.165) is 60.5 Å². The summed E-state index contributed by atoms with van der Waals surface area (Å²) in [5.74, 6) is 1.76. The zero-order chi connectivity index (χ0) is 18.5. The summed E-state index contributed by atoms with van der Waals surface area (Å²) in [6.45, 7) is 4.88. The molecule has 0 aliphatic carbocycles. The van der Waals surface area contributed by atoms with Crippen molar-refractivity contribution in [3.63, 3.8) is 0 Å². The number of piperidine rings is 1. The molecule has 1 N–H and O–H groups in total. The summed E-state index contributed by atoms with van der Waals surface area (Å²) in [5, 5.41) is 5.51. The standard InChI is InChI=1S/C22H30N2O2/c1-16(22(25)24-12-9-17(10-13-24)8-11-23-2)18-4-5-20-15-21(26-3)7-6-19(20)14-18/h4-7,14-17,23H,8-13H2,1-3H3. The van der Waals surface area contributed by atoms with Crippen molar-refractivity contribution in [2.24, 2.45) is 5.92 Å². The lowest BCUT2D eigenvalue weighted by atomic mass is 9.91. The highest BCUT2D eigenvalue weighted by Gasteiger charge is 2.26. The lowest BCUT2D eigenvalue weighted by molar-refractivity contribution is -0.133. The number of rotatable bonds is 6. The number of nitrogens with zero attached hydrogens (tertiary/aromatic N) is 1. The Hall–Kier alpha value is -2.07. The van der Waals surface area contributed by atoms with Gasteiger partial charge in [-0.1, -0.05) is 24.3 Å². The third-order valence-corrected chi connectivity index (χ3v) is 5.67. The Balaban J connectivity index is 1.66. The molecule has 26 heavy (non-hydrogen) atoms. The summed E-state index contributed by atoms with van der Waals surface area (Å²) in [6.07, 6.45) is 3.46. The lowest BCUT2D eigenvalue weighted by Gasteiger charge is -2.33. The molecule has 0 spiro atoms. The van der Waals surface area contributed by atoms with E-state index in [-0.39, 0.29) is 11.8 Å². The fraction of sp³-hybridized carbons (Fsp3) is 0.500. The maximum absolute atomic E-state index is 12.9. The van der Waals surface area contributed by atoms with Crippen LogP contribution in [0.15, 0.2) is 36.4 Å². The molecule has 1 saturated heterocycles. The van der Waals surface area contributed by atoms with Crippen LogP contribution in [0.5, 0.6) is 5.75 Å². The van der Waals surface area contributed by atoms with E-state index in [9.17, 15) is 4.79 Å². The Morgan fingerprint density at radius 1 is 1.19 bits per heavy atom. The lowest BCUT2D eigenvalue weighted by Crippen LogP contribution is -2.40. The molecule has 0 radical (unpaired) electrons. The fourth-order valence-electron chi connectivity index (χ4n) is 3.85. The Kier molecular flexibility index (Phi) is 6.15. The van der Waals surface area contributed by atoms with Crippen molar-refractivity contribution in [2.75, 3.05) is 33.8 Å². The average molecular weight is 354 g/mol. The van der Waals surface area contributed by atoms with Gasteiger partial charge in [-0.25, -0.2) is 0 Å². The van der Waals surface area contributed by atoms with Crippen LogP contribution in [0.25, 0.3) is 10.8 Å². The van der Waals surface area contributed by atoms with Gasteiger partial charge in [0.05, 0.1) is 13.0 Å². The van der Waals surface area contributed by atoms with Gasteiger partial charge in [0.25, 0.3) is 0 Å². The highest BCUT2D eigenvalue weighted by molar-refractivity contribution is 5.88. The summed E-state index contributed by atoms with van der Waals surface area (Å²) in [6, 6.07) is 12.3. The normalized spacial score (nSPS) is 16.7. The molecule has 4 nitrogen and oxygen atoms in total. The van der Waals surface area contributed by atoms with Crippen molar-refractivity contribution in [2.45, 2.75) is 32.1 Å². The molecule has 3 rings (SSSR count). The maximum Gasteiger partial charge on any atom is 0.229 e.